The standard InChI is InChI=1S/C19H14BrClN2S/c20-14-5-9-16(10-6-14)23-18(19-2-1-11-24-19)12-17(22-23)13-3-7-15(21)8-4-13/h1-11,18H,12H2. The number of hydrazone groups is 1. The van der Waals surface area contributed by atoms with Crippen molar-refractivity contribution in [2.45, 2.75) is 12.5 Å². The van der Waals surface area contributed by atoms with E-state index < -0.39 is 0 Å². The number of benzene rings is 2. The molecule has 0 radical (unpaired) electrons. The van der Waals surface area contributed by atoms with Crippen molar-refractivity contribution in [2.75, 3.05) is 5.01 Å². The smallest absolute Gasteiger partial charge is 0.0923 e. The zero-order valence-electron chi connectivity index (χ0n) is 12.7. The molecule has 0 aliphatic carbocycles. The van der Waals surface area contributed by atoms with Gasteiger partial charge >= 0.3 is 0 Å². The molecule has 1 aromatic heterocycles. The van der Waals surface area contributed by atoms with Crippen LogP contribution in [-0.2, 0) is 0 Å². The summed E-state index contributed by atoms with van der Waals surface area (Å²) in [5, 5.41) is 9.92. The molecule has 0 N–H and O–H groups in total. The number of hydrogen-bond acceptors (Lipinski definition) is 3. The van der Waals surface area contributed by atoms with Crippen molar-refractivity contribution >= 4 is 50.3 Å². The van der Waals surface area contributed by atoms with Gasteiger partial charge in [0.2, 0.25) is 0 Å². The molecule has 120 valence electrons. The highest BCUT2D eigenvalue weighted by atomic mass is 79.9. The Morgan fingerprint density at radius 1 is 1.04 bits per heavy atom. The fourth-order valence-corrected chi connectivity index (χ4v) is 4.06. The van der Waals surface area contributed by atoms with Crippen LogP contribution in [0, 0.1) is 0 Å². The van der Waals surface area contributed by atoms with E-state index in [9.17, 15) is 0 Å². The van der Waals surface area contributed by atoms with Gasteiger partial charge in [-0.2, -0.15) is 5.10 Å². The van der Waals surface area contributed by atoms with Crippen LogP contribution in [0.4, 0.5) is 5.69 Å². The first-order valence-corrected chi connectivity index (χ1v) is 9.67. The monoisotopic (exact) mass is 416 g/mol. The Morgan fingerprint density at radius 3 is 2.46 bits per heavy atom. The molecule has 1 aliphatic rings. The molecule has 1 aliphatic heterocycles. The zero-order valence-corrected chi connectivity index (χ0v) is 15.9. The second-order valence-corrected chi connectivity index (χ2v) is 7.94. The van der Waals surface area contributed by atoms with Gasteiger partial charge in [0.25, 0.3) is 0 Å². The fourth-order valence-electron chi connectivity index (χ4n) is 2.86. The van der Waals surface area contributed by atoms with Gasteiger partial charge in [-0.3, -0.25) is 5.01 Å². The lowest BCUT2D eigenvalue weighted by atomic mass is 10.0. The predicted molar refractivity (Wildman–Crippen MR) is 106 cm³/mol. The normalized spacial score (nSPS) is 17.2. The number of anilines is 1. The second kappa shape index (κ2) is 6.71. The van der Waals surface area contributed by atoms with E-state index in [0.29, 0.717) is 0 Å². The molecule has 0 amide bonds. The van der Waals surface area contributed by atoms with E-state index >= 15 is 0 Å². The molecule has 3 aromatic rings. The number of thiophene rings is 1. The Hall–Kier alpha value is -1.62. The predicted octanol–water partition coefficient (Wildman–Crippen LogP) is 6.52. The number of nitrogens with zero attached hydrogens (tertiary/aromatic N) is 2. The average Bonchev–Trinajstić information content (AvgIpc) is 3.25. The summed E-state index contributed by atoms with van der Waals surface area (Å²) in [7, 11) is 0. The Balaban J connectivity index is 1.73. The van der Waals surface area contributed by atoms with E-state index in [4.69, 9.17) is 16.7 Å². The van der Waals surface area contributed by atoms with Gasteiger partial charge in [-0.05, 0) is 53.4 Å². The minimum Gasteiger partial charge on any atom is -0.257 e. The van der Waals surface area contributed by atoms with E-state index in [1.807, 2.05) is 24.3 Å². The lowest BCUT2D eigenvalue weighted by molar-refractivity contribution is 0.722. The third kappa shape index (κ3) is 3.14. The summed E-state index contributed by atoms with van der Waals surface area (Å²) >= 11 is 11.3. The van der Waals surface area contributed by atoms with Crippen LogP contribution in [0.25, 0.3) is 0 Å². The van der Waals surface area contributed by atoms with Crippen molar-refractivity contribution in [1.29, 1.82) is 0 Å². The molecule has 0 saturated heterocycles. The van der Waals surface area contributed by atoms with Crippen LogP contribution in [0.3, 0.4) is 0 Å². The molecule has 0 bridgehead atoms. The number of halogens is 2. The van der Waals surface area contributed by atoms with Gasteiger partial charge < -0.3 is 0 Å². The van der Waals surface area contributed by atoms with Crippen molar-refractivity contribution in [3.05, 3.63) is 86.0 Å². The van der Waals surface area contributed by atoms with Gasteiger partial charge in [0, 0.05) is 20.8 Å². The Bertz CT molecular complexity index is 857. The second-order valence-electron chi connectivity index (χ2n) is 5.61. The quantitative estimate of drug-likeness (QED) is 0.473. The minimum absolute atomic E-state index is 0.233. The van der Waals surface area contributed by atoms with Crippen molar-refractivity contribution in [2.24, 2.45) is 5.10 Å². The Kier molecular flexibility index (Phi) is 4.44. The zero-order chi connectivity index (χ0) is 16.5. The highest BCUT2D eigenvalue weighted by Crippen LogP contribution is 2.38. The van der Waals surface area contributed by atoms with Crippen LogP contribution in [0.5, 0.6) is 0 Å². The summed E-state index contributed by atoms with van der Waals surface area (Å²) in [5.41, 5.74) is 3.31. The summed E-state index contributed by atoms with van der Waals surface area (Å²) in [6, 6.07) is 20.7. The van der Waals surface area contributed by atoms with Crippen LogP contribution < -0.4 is 5.01 Å². The highest BCUT2D eigenvalue weighted by Gasteiger charge is 2.30. The van der Waals surface area contributed by atoms with Crippen LogP contribution in [-0.4, -0.2) is 5.71 Å². The fraction of sp³-hybridized carbons (Fsp3) is 0.105. The first-order valence-electron chi connectivity index (χ1n) is 7.62. The van der Waals surface area contributed by atoms with E-state index in [-0.39, 0.29) is 6.04 Å². The topological polar surface area (TPSA) is 15.6 Å². The van der Waals surface area contributed by atoms with Gasteiger partial charge in [-0.1, -0.05) is 45.7 Å². The molecule has 2 nitrogen and oxygen atoms in total. The summed E-state index contributed by atoms with van der Waals surface area (Å²) in [4.78, 5) is 1.32. The maximum Gasteiger partial charge on any atom is 0.0923 e. The van der Waals surface area contributed by atoms with Crippen LogP contribution in [0.15, 0.2) is 75.6 Å². The van der Waals surface area contributed by atoms with E-state index in [0.717, 1.165) is 32.9 Å². The molecule has 1 unspecified atom stereocenters. The van der Waals surface area contributed by atoms with E-state index in [2.05, 4.69) is 62.7 Å². The molecule has 0 saturated carbocycles. The largest absolute Gasteiger partial charge is 0.257 e. The molecule has 1 atom stereocenters. The minimum atomic E-state index is 0.233. The van der Waals surface area contributed by atoms with Gasteiger partial charge in [0.15, 0.2) is 0 Å². The van der Waals surface area contributed by atoms with Gasteiger partial charge in [0.1, 0.15) is 0 Å². The molecule has 24 heavy (non-hydrogen) atoms. The van der Waals surface area contributed by atoms with Crippen LogP contribution in [0.2, 0.25) is 5.02 Å². The van der Waals surface area contributed by atoms with Crippen molar-refractivity contribution < 1.29 is 0 Å². The lowest BCUT2D eigenvalue weighted by Crippen LogP contribution is -2.17. The number of hydrogen-bond donors (Lipinski definition) is 0. The molecule has 2 aromatic carbocycles. The molecule has 5 heteroatoms. The maximum atomic E-state index is 6.01. The van der Waals surface area contributed by atoms with E-state index in [1.165, 1.54) is 4.88 Å². The molecular formula is C19H14BrClN2S. The van der Waals surface area contributed by atoms with E-state index in [1.54, 1.807) is 11.3 Å². The third-order valence-electron chi connectivity index (χ3n) is 4.05. The van der Waals surface area contributed by atoms with Crippen LogP contribution >= 0.6 is 38.9 Å². The highest BCUT2D eigenvalue weighted by molar-refractivity contribution is 9.10. The van der Waals surface area contributed by atoms with Crippen LogP contribution in [0.1, 0.15) is 22.9 Å². The summed E-state index contributed by atoms with van der Waals surface area (Å²) < 4.78 is 1.07. The summed E-state index contributed by atoms with van der Waals surface area (Å²) in [5.74, 6) is 0. The molecular weight excluding hydrogens is 404 g/mol. The molecule has 0 fully saturated rings. The third-order valence-corrected chi connectivity index (χ3v) is 5.80. The summed E-state index contributed by atoms with van der Waals surface area (Å²) in [6.07, 6.45) is 0.887. The van der Waals surface area contributed by atoms with Crippen molar-refractivity contribution in [3.8, 4) is 0 Å². The first-order chi connectivity index (χ1) is 11.7. The lowest BCUT2D eigenvalue weighted by Gasteiger charge is -2.22. The molecule has 0 spiro atoms. The Morgan fingerprint density at radius 2 is 1.79 bits per heavy atom. The summed E-state index contributed by atoms with van der Waals surface area (Å²) in [6.45, 7) is 0. The van der Waals surface area contributed by atoms with Gasteiger partial charge in [-0.25, -0.2) is 0 Å². The SMILES string of the molecule is Clc1ccc(C2=NN(c3ccc(Br)cc3)C(c3cccs3)C2)cc1. The Labute approximate surface area is 158 Å². The van der Waals surface area contributed by atoms with Crippen molar-refractivity contribution in [1.82, 2.24) is 0 Å². The van der Waals surface area contributed by atoms with Crippen molar-refractivity contribution in [3.63, 3.8) is 0 Å². The number of rotatable bonds is 3. The molecule has 2 heterocycles. The average molecular weight is 418 g/mol. The first kappa shape index (κ1) is 15.9. The van der Waals surface area contributed by atoms with Gasteiger partial charge in [-0.15, -0.1) is 11.3 Å². The van der Waals surface area contributed by atoms with Gasteiger partial charge in [0.05, 0.1) is 17.4 Å². The maximum absolute atomic E-state index is 6.01. The molecule has 4 rings (SSSR count).